The number of benzene rings is 5. The van der Waals surface area contributed by atoms with Gasteiger partial charge in [0.1, 0.15) is 5.65 Å². The van der Waals surface area contributed by atoms with E-state index in [1.165, 1.54) is 26.9 Å². The number of fused-ring (bicyclic) bond motifs is 9. The van der Waals surface area contributed by atoms with Crippen LogP contribution in [0.5, 0.6) is 0 Å². The van der Waals surface area contributed by atoms with Gasteiger partial charge < -0.3 is 0 Å². The average Bonchev–Trinajstić information content (AvgIpc) is 3.37. The van der Waals surface area contributed by atoms with Crippen LogP contribution in [-0.2, 0) is 0 Å². The van der Waals surface area contributed by atoms with Crippen LogP contribution in [0.1, 0.15) is 0 Å². The third-order valence-electron chi connectivity index (χ3n) is 7.35. The van der Waals surface area contributed by atoms with Crippen molar-refractivity contribution in [2.45, 2.75) is 0 Å². The second-order valence-electron chi connectivity index (χ2n) is 9.49. The van der Waals surface area contributed by atoms with Gasteiger partial charge in [0, 0.05) is 27.3 Å². The Morgan fingerprint density at radius 2 is 1.11 bits per heavy atom. The average molecular weight is 472 g/mol. The van der Waals surface area contributed by atoms with Gasteiger partial charge in [0.25, 0.3) is 0 Å². The smallest absolute Gasteiger partial charge is 0.162 e. The molecule has 0 radical (unpaired) electrons. The van der Waals surface area contributed by atoms with Gasteiger partial charge in [0.2, 0.25) is 0 Å². The molecule has 0 N–H and O–H groups in total. The number of nitrogens with zero attached hydrogens (tertiary/aromatic N) is 3. The van der Waals surface area contributed by atoms with Crippen LogP contribution >= 0.6 is 0 Å². The van der Waals surface area contributed by atoms with Crippen molar-refractivity contribution in [1.82, 2.24) is 14.4 Å². The second kappa shape index (κ2) is 7.74. The monoisotopic (exact) mass is 471 g/mol. The van der Waals surface area contributed by atoms with Crippen molar-refractivity contribution in [2.24, 2.45) is 0 Å². The summed E-state index contributed by atoms with van der Waals surface area (Å²) in [6.45, 7) is 0. The van der Waals surface area contributed by atoms with Crippen molar-refractivity contribution in [3.63, 3.8) is 0 Å². The lowest BCUT2D eigenvalue weighted by Gasteiger charge is -2.11. The van der Waals surface area contributed by atoms with Gasteiger partial charge in [-0.2, -0.15) is 0 Å². The minimum Gasteiger partial charge on any atom is -0.293 e. The van der Waals surface area contributed by atoms with Crippen molar-refractivity contribution < 1.29 is 0 Å². The van der Waals surface area contributed by atoms with Crippen LogP contribution in [0.4, 0.5) is 0 Å². The summed E-state index contributed by atoms with van der Waals surface area (Å²) in [5.41, 5.74) is 6.26. The third-order valence-corrected chi connectivity index (χ3v) is 7.35. The molecule has 172 valence electrons. The first kappa shape index (κ1) is 20.2. The number of pyridine rings is 1. The van der Waals surface area contributed by atoms with Gasteiger partial charge in [-0.1, -0.05) is 109 Å². The Hall–Kier alpha value is -5.02. The number of para-hydroxylation sites is 1. The van der Waals surface area contributed by atoms with Crippen LogP contribution < -0.4 is 0 Å². The van der Waals surface area contributed by atoms with Crippen LogP contribution in [0, 0.1) is 0 Å². The Bertz CT molecular complexity index is 2140. The van der Waals surface area contributed by atoms with Crippen molar-refractivity contribution in [3.8, 4) is 22.6 Å². The van der Waals surface area contributed by atoms with E-state index in [0.717, 1.165) is 44.7 Å². The summed E-state index contributed by atoms with van der Waals surface area (Å²) in [4.78, 5) is 10.4. The minimum absolute atomic E-state index is 0.731. The molecule has 0 atom stereocenters. The van der Waals surface area contributed by atoms with Crippen molar-refractivity contribution >= 4 is 49.0 Å². The van der Waals surface area contributed by atoms with Gasteiger partial charge in [-0.15, -0.1) is 0 Å². The number of hydrogen-bond donors (Lipinski definition) is 0. The molecular formula is C34H21N3. The Labute approximate surface area is 213 Å². The molecule has 0 fully saturated rings. The molecular weight excluding hydrogens is 450 g/mol. The predicted octanol–water partition coefficient (Wildman–Crippen LogP) is 8.68. The molecule has 8 aromatic rings. The van der Waals surface area contributed by atoms with E-state index in [2.05, 4.69) is 126 Å². The van der Waals surface area contributed by atoms with Crippen LogP contribution in [0.3, 0.4) is 0 Å². The fourth-order valence-electron chi connectivity index (χ4n) is 5.63. The fourth-order valence-corrected chi connectivity index (χ4v) is 5.63. The molecule has 0 aliphatic heterocycles. The largest absolute Gasteiger partial charge is 0.293 e. The number of aromatic nitrogens is 3. The molecule has 0 aliphatic rings. The van der Waals surface area contributed by atoms with Gasteiger partial charge in [0.15, 0.2) is 5.82 Å². The maximum Gasteiger partial charge on any atom is 0.162 e. The predicted molar refractivity (Wildman–Crippen MR) is 154 cm³/mol. The Kier molecular flexibility index (Phi) is 4.23. The summed E-state index contributed by atoms with van der Waals surface area (Å²) < 4.78 is 2.31. The first-order chi connectivity index (χ1) is 18.3. The molecule has 0 spiro atoms. The van der Waals surface area contributed by atoms with Gasteiger partial charge >= 0.3 is 0 Å². The van der Waals surface area contributed by atoms with E-state index in [9.17, 15) is 0 Å². The maximum atomic E-state index is 5.24. The van der Waals surface area contributed by atoms with E-state index in [0.29, 0.717) is 0 Å². The van der Waals surface area contributed by atoms with Crippen molar-refractivity contribution in [1.29, 1.82) is 0 Å². The fraction of sp³-hybridized carbons (Fsp3) is 0. The van der Waals surface area contributed by atoms with Crippen molar-refractivity contribution in [2.75, 3.05) is 0 Å². The summed E-state index contributed by atoms with van der Waals surface area (Å²) in [5.74, 6) is 0.731. The van der Waals surface area contributed by atoms with Gasteiger partial charge in [-0.05, 0) is 34.4 Å². The van der Waals surface area contributed by atoms with Crippen LogP contribution in [0.25, 0.3) is 71.6 Å². The SMILES string of the molecule is c1ccc(-c2nc(-c3ccc4ccccc4c3)nc3c2cc2c4ccccc4c4ccccc4n23)cc1. The maximum absolute atomic E-state index is 5.24. The number of hydrogen-bond acceptors (Lipinski definition) is 2. The topological polar surface area (TPSA) is 30.2 Å². The van der Waals surface area contributed by atoms with Gasteiger partial charge in [0.05, 0.1) is 16.7 Å². The first-order valence-corrected chi connectivity index (χ1v) is 12.5. The zero-order valence-corrected chi connectivity index (χ0v) is 20.0. The van der Waals surface area contributed by atoms with E-state index >= 15 is 0 Å². The minimum atomic E-state index is 0.731. The van der Waals surface area contributed by atoms with E-state index in [1.54, 1.807) is 0 Å². The molecule has 8 rings (SSSR count). The molecule has 0 bridgehead atoms. The zero-order valence-electron chi connectivity index (χ0n) is 20.0. The molecule has 0 saturated heterocycles. The normalized spacial score (nSPS) is 11.8. The van der Waals surface area contributed by atoms with E-state index < -0.39 is 0 Å². The first-order valence-electron chi connectivity index (χ1n) is 12.5. The summed E-state index contributed by atoms with van der Waals surface area (Å²) >= 11 is 0. The van der Waals surface area contributed by atoms with E-state index in [1.807, 2.05) is 6.07 Å². The molecule has 0 saturated carbocycles. The molecule has 5 aromatic carbocycles. The Balaban J connectivity index is 1.56. The molecule has 3 aromatic heterocycles. The molecule has 3 heterocycles. The highest BCUT2D eigenvalue weighted by Gasteiger charge is 2.18. The quantitative estimate of drug-likeness (QED) is 0.236. The summed E-state index contributed by atoms with van der Waals surface area (Å²) in [5, 5.41) is 7.12. The van der Waals surface area contributed by atoms with E-state index in [-0.39, 0.29) is 0 Å². The van der Waals surface area contributed by atoms with Crippen LogP contribution in [0.2, 0.25) is 0 Å². The van der Waals surface area contributed by atoms with Gasteiger partial charge in [-0.25, -0.2) is 9.97 Å². The van der Waals surface area contributed by atoms with Gasteiger partial charge in [-0.3, -0.25) is 4.40 Å². The van der Waals surface area contributed by atoms with Crippen LogP contribution in [0.15, 0.2) is 127 Å². The van der Waals surface area contributed by atoms with E-state index in [4.69, 9.17) is 9.97 Å². The highest BCUT2D eigenvalue weighted by molar-refractivity contribution is 6.16. The molecule has 0 unspecified atom stereocenters. The standard InChI is InChI=1S/C34H21N3/c1-2-11-23(12-3-1)32-29-21-31-28-16-7-6-14-26(28)27-15-8-9-17-30(27)37(31)34(29)36-33(35-32)25-19-18-22-10-4-5-13-24(22)20-25/h1-21H. The lowest BCUT2D eigenvalue weighted by atomic mass is 10.0. The third kappa shape index (κ3) is 3.01. The highest BCUT2D eigenvalue weighted by Crippen LogP contribution is 2.37. The molecule has 37 heavy (non-hydrogen) atoms. The molecule has 0 aliphatic carbocycles. The van der Waals surface area contributed by atoms with Crippen LogP contribution in [-0.4, -0.2) is 14.4 Å². The Morgan fingerprint density at radius 1 is 0.432 bits per heavy atom. The lowest BCUT2D eigenvalue weighted by Crippen LogP contribution is -1.97. The molecule has 3 heteroatoms. The number of rotatable bonds is 2. The van der Waals surface area contributed by atoms with Crippen molar-refractivity contribution in [3.05, 3.63) is 127 Å². The highest BCUT2D eigenvalue weighted by atomic mass is 15.0. The Morgan fingerprint density at radius 3 is 1.95 bits per heavy atom. The molecule has 0 amide bonds. The summed E-state index contributed by atoms with van der Waals surface area (Å²) in [7, 11) is 0. The lowest BCUT2D eigenvalue weighted by molar-refractivity contribution is 1.19. The molecule has 3 nitrogen and oxygen atoms in total. The summed E-state index contributed by atoms with van der Waals surface area (Å²) in [6, 6.07) is 44.8. The summed E-state index contributed by atoms with van der Waals surface area (Å²) in [6.07, 6.45) is 0. The zero-order chi connectivity index (χ0) is 24.3. The second-order valence-corrected chi connectivity index (χ2v) is 9.49.